The highest BCUT2D eigenvalue weighted by atomic mass is 32.1. The van der Waals surface area contributed by atoms with E-state index in [2.05, 4.69) is 51.6 Å². The molecule has 0 bridgehead atoms. The van der Waals surface area contributed by atoms with Crippen molar-refractivity contribution in [1.29, 1.82) is 0 Å². The maximum absolute atomic E-state index is 11.6. The monoisotopic (exact) mass is 423 g/mol. The molecule has 2 fully saturated rings. The van der Waals surface area contributed by atoms with E-state index in [1.165, 1.54) is 5.69 Å². The maximum atomic E-state index is 11.6. The third-order valence-electron chi connectivity index (χ3n) is 5.96. The number of nitrogens with one attached hydrogen (secondary N) is 1. The van der Waals surface area contributed by atoms with Crippen LogP contribution in [0.1, 0.15) is 13.3 Å². The summed E-state index contributed by atoms with van der Waals surface area (Å²) < 4.78 is 12.9. The van der Waals surface area contributed by atoms with Crippen molar-refractivity contribution in [2.75, 3.05) is 37.7 Å². The average molecular weight is 424 g/mol. The first kappa shape index (κ1) is 19.3. The van der Waals surface area contributed by atoms with E-state index in [0.717, 1.165) is 53.4 Å². The molecule has 1 unspecified atom stereocenters. The molecular formula is C23H25N3O3S. The van der Waals surface area contributed by atoms with Crippen molar-refractivity contribution in [3.05, 3.63) is 41.9 Å². The molecule has 1 aromatic heterocycles. The number of anilines is 1. The average Bonchev–Trinajstić information content (AvgIpc) is 3.43. The Bertz CT molecular complexity index is 1040. The molecule has 3 heterocycles. The van der Waals surface area contributed by atoms with Crippen molar-refractivity contribution in [3.8, 4) is 16.9 Å². The number of morpholine rings is 1. The largest absolute Gasteiger partial charge is 0.489 e. The van der Waals surface area contributed by atoms with Gasteiger partial charge in [0.05, 0.1) is 28.9 Å². The van der Waals surface area contributed by atoms with E-state index in [9.17, 15) is 4.79 Å². The highest BCUT2D eigenvalue weighted by Gasteiger charge is 2.28. The summed E-state index contributed by atoms with van der Waals surface area (Å²) in [7, 11) is 0. The number of fused-ring (bicyclic) bond motifs is 1. The van der Waals surface area contributed by atoms with Gasteiger partial charge in [-0.05, 0) is 42.3 Å². The Morgan fingerprint density at radius 1 is 1.20 bits per heavy atom. The van der Waals surface area contributed by atoms with Crippen LogP contribution in [-0.4, -0.2) is 49.8 Å². The molecule has 0 saturated carbocycles. The second kappa shape index (κ2) is 8.24. The number of nitrogens with zero attached hydrogens (tertiary/aromatic N) is 2. The smallest absolute Gasteiger partial charge is 0.220 e. The zero-order valence-electron chi connectivity index (χ0n) is 17.0. The number of hydrogen-bond acceptors (Lipinski definition) is 6. The molecule has 1 N–H and O–H groups in total. The van der Waals surface area contributed by atoms with Crippen LogP contribution in [0.3, 0.4) is 0 Å². The number of aromatic nitrogens is 1. The summed E-state index contributed by atoms with van der Waals surface area (Å²) in [6.45, 7) is 6.14. The quantitative estimate of drug-likeness (QED) is 0.678. The minimum Gasteiger partial charge on any atom is -0.489 e. The van der Waals surface area contributed by atoms with Gasteiger partial charge in [-0.25, -0.2) is 4.98 Å². The van der Waals surface area contributed by atoms with Crippen LogP contribution in [0.25, 0.3) is 21.3 Å². The molecule has 6 nitrogen and oxygen atoms in total. The van der Waals surface area contributed by atoms with Gasteiger partial charge in [-0.15, -0.1) is 11.3 Å². The fraction of sp³-hybridized carbons (Fsp3) is 0.391. The minimum absolute atomic E-state index is 0.0480. The molecule has 0 radical (unpaired) electrons. The van der Waals surface area contributed by atoms with Gasteiger partial charge in [0.2, 0.25) is 5.91 Å². The summed E-state index contributed by atoms with van der Waals surface area (Å²) in [5.74, 6) is 1.14. The number of ether oxygens (including phenoxy) is 2. The van der Waals surface area contributed by atoms with Gasteiger partial charge in [-0.3, -0.25) is 4.79 Å². The molecule has 0 spiro atoms. The number of carbonyl (C=O) groups excluding carboxylic acids is 1. The minimum atomic E-state index is -0.0480. The summed E-state index contributed by atoms with van der Waals surface area (Å²) >= 11 is 1.59. The van der Waals surface area contributed by atoms with Crippen molar-refractivity contribution >= 4 is 33.1 Å². The Morgan fingerprint density at radius 2 is 2.00 bits per heavy atom. The van der Waals surface area contributed by atoms with Gasteiger partial charge in [0.15, 0.2) is 0 Å². The summed E-state index contributed by atoms with van der Waals surface area (Å²) in [5, 5.41) is 2.90. The standard InChI is InChI=1S/C23H25N3O3S/c1-15(18-12-22(27)24-13-18)29-21-11-17(10-20-23(21)30-14-25-20)16-2-4-19(5-3-16)26-6-8-28-9-7-26/h2-5,10-11,14-15,18H,6-9,12-13H2,1H3,(H,24,27)/t15-,18?/m1/s1. The van der Waals surface area contributed by atoms with E-state index >= 15 is 0 Å². The molecule has 3 aromatic rings. The molecule has 7 heteroatoms. The van der Waals surface area contributed by atoms with Gasteiger partial charge in [0, 0.05) is 37.7 Å². The SMILES string of the molecule is C[C@@H](Oc1cc(-c2ccc(N3CCOCC3)cc2)cc2ncsc12)C1CNC(=O)C1. The van der Waals surface area contributed by atoms with Crippen LogP contribution in [0.5, 0.6) is 5.75 Å². The number of amides is 1. The van der Waals surface area contributed by atoms with E-state index < -0.39 is 0 Å². The van der Waals surface area contributed by atoms with E-state index in [4.69, 9.17) is 9.47 Å². The molecule has 2 atom stereocenters. The van der Waals surface area contributed by atoms with E-state index in [1.54, 1.807) is 11.3 Å². The summed E-state index contributed by atoms with van der Waals surface area (Å²) in [4.78, 5) is 18.5. The van der Waals surface area contributed by atoms with Gasteiger partial charge in [-0.1, -0.05) is 12.1 Å². The summed E-state index contributed by atoms with van der Waals surface area (Å²) in [5.41, 5.74) is 6.24. The number of hydrogen-bond donors (Lipinski definition) is 1. The van der Waals surface area contributed by atoms with Crippen LogP contribution in [0.4, 0.5) is 5.69 Å². The normalized spacial score (nSPS) is 20.4. The van der Waals surface area contributed by atoms with Crippen molar-refractivity contribution < 1.29 is 14.3 Å². The predicted octanol–water partition coefficient (Wildman–Crippen LogP) is 3.70. The Kier molecular flexibility index (Phi) is 5.31. The highest BCUT2D eigenvalue weighted by molar-refractivity contribution is 7.17. The fourth-order valence-electron chi connectivity index (χ4n) is 4.13. The number of carbonyl (C=O) groups is 1. The lowest BCUT2D eigenvalue weighted by Crippen LogP contribution is -2.36. The Hall–Kier alpha value is -2.64. The van der Waals surface area contributed by atoms with Gasteiger partial charge >= 0.3 is 0 Å². The van der Waals surface area contributed by atoms with Crippen molar-refractivity contribution in [3.63, 3.8) is 0 Å². The molecule has 156 valence electrons. The van der Waals surface area contributed by atoms with Crippen LogP contribution < -0.4 is 15.0 Å². The zero-order valence-corrected chi connectivity index (χ0v) is 17.8. The molecule has 30 heavy (non-hydrogen) atoms. The molecule has 2 aliphatic rings. The lowest BCUT2D eigenvalue weighted by atomic mass is 10.0. The summed E-state index contributed by atoms with van der Waals surface area (Å²) in [6, 6.07) is 12.9. The molecular weight excluding hydrogens is 398 g/mol. The van der Waals surface area contributed by atoms with E-state index in [1.807, 2.05) is 12.4 Å². The molecule has 5 rings (SSSR count). The third kappa shape index (κ3) is 3.87. The van der Waals surface area contributed by atoms with Crippen LogP contribution in [0.15, 0.2) is 41.9 Å². The van der Waals surface area contributed by atoms with E-state index in [0.29, 0.717) is 13.0 Å². The van der Waals surface area contributed by atoms with Gasteiger partial charge in [-0.2, -0.15) is 0 Å². The number of rotatable bonds is 5. The predicted molar refractivity (Wildman–Crippen MR) is 119 cm³/mol. The van der Waals surface area contributed by atoms with Crippen molar-refractivity contribution in [2.24, 2.45) is 5.92 Å². The lowest BCUT2D eigenvalue weighted by Gasteiger charge is -2.29. The first-order valence-electron chi connectivity index (χ1n) is 10.4. The highest BCUT2D eigenvalue weighted by Crippen LogP contribution is 2.36. The molecule has 2 saturated heterocycles. The van der Waals surface area contributed by atoms with Crippen molar-refractivity contribution in [1.82, 2.24) is 10.3 Å². The van der Waals surface area contributed by atoms with Crippen LogP contribution in [-0.2, 0) is 9.53 Å². The van der Waals surface area contributed by atoms with Crippen molar-refractivity contribution in [2.45, 2.75) is 19.4 Å². The second-order valence-corrected chi connectivity index (χ2v) is 8.77. The molecule has 2 aliphatic heterocycles. The Balaban J connectivity index is 1.41. The summed E-state index contributed by atoms with van der Waals surface area (Å²) in [6.07, 6.45) is 0.476. The van der Waals surface area contributed by atoms with Crippen LogP contribution in [0, 0.1) is 5.92 Å². The van der Waals surface area contributed by atoms with E-state index in [-0.39, 0.29) is 17.9 Å². The van der Waals surface area contributed by atoms with Gasteiger partial charge in [0.25, 0.3) is 0 Å². The first-order valence-corrected chi connectivity index (χ1v) is 11.3. The molecule has 2 aromatic carbocycles. The first-order chi connectivity index (χ1) is 14.7. The van der Waals surface area contributed by atoms with Crippen LogP contribution in [0.2, 0.25) is 0 Å². The third-order valence-corrected chi connectivity index (χ3v) is 6.82. The topological polar surface area (TPSA) is 63.7 Å². The van der Waals surface area contributed by atoms with Gasteiger partial charge < -0.3 is 19.7 Å². The zero-order chi connectivity index (χ0) is 20.5. The fourth-order valence-corrected chi connectivity index (χ4v) is 4.86. The number of benzene rings is 2. The second-order valence-electron chi connectivity index (χ2n) is 7.91. The van der Waals surface area contributed by atoms with Crippen LogP contribution >= 0.6 is 11.3 Å². The van der Waals surface area contributed by atoms with Gasteiger partial charge in [0.1, 0.15) is 11.9 Å². The Labute approximate surface area is 179 Å². The maximum Gasteiger partial charge on any atom is 0.220 e. The molecule has 0 aliphatic carbocycles. The Morgan fingerprint density at radius 3 is 2.73 bits per heavy atom. The molecule has 1 amide bonds. The number of thiazole rings is 1. The lowest BCUT2D eigenvalue weighted by molar-refractivity contribution is -0.119.